The lowest BCUT2D eigenvalue weighted by Gasteiger charge is -2.21. The van der Waals surface area contributed by atoms with Crippen molar-refractivity contribution in [1.82, 2.24) is 4.90 Å². The van der Waals surface area contributed by atoms with Gasteiger partial charge in [-0.2, -0.15) is 0 Å². The summed E-state index contributed by atoms with van der Waals surface area (Å²) in [5, 5.41) is 0. The van der Waals surface area contributed by atoms with Crippen molar-refractivity contribution in [2.45, 2.75) is 47.6 Å². The predicted octanol–water partition coefficient (Wildman–Crippen LogP) is 4.10. The minimum absolute atomic E-state index is 0.147. The van der Waals surface area contributed by atoms with Crippen molar-refractivity contribution in [3.8, 4) is 0 Å². The molecule has 0 aromatic heterocycles. The first-order valence-electron chi connectivity index (χ1n) is 7.50. The summed E-state index contributed by atoms with van der Waals surface area (Å²) in [6.07, 6.45) is 0.147. The molecule has 20 heavy (non-hydrogen) atoms. The van der Waals surface area contributed by atoms with Crippen LogP contribution in [0.5, 0.6) is 0 Å². The molecule has 0 saturated heterocycles. The maximum atomic E-state index is 5.91. The van der Waals surface area contributed by atoms with Gasteiger partial charge in [0.2, 0.25) is 5.90 Å². The van der Waals surface area contributed by atoms with E-state index >= 15 is 0 Å². The van der Waals surface area contributed by atoms with Crippen LogP contribution in [0.3, 0.4) is 0 Å². The maximum absolute atomic E-state index is 5.91. The maximum Gasteiger partial charge on any atom is 0.203 e. The van der Waals surface area contributed by atoms with Crippen LogP contribution >= 0.6 is 0 Å². The van der Waals surface area contributed by atoms with E-state index in [1.165, 1.54) is 11.1 Å². The largest absolute Gasteiger partial charge is 0.477 e. The van der Waals surface area contributed by atoms with Crippen LogP contribution in [-0.4, -0.2) is 36.5 Å². The lowest BCUT2D eigenvalue weighted by Crippen LogP contribution is -2.31. The van der Waals surface area contributed by atoms with E-state index in [0.29, 0.717) is 0 Å². The Morgan fingerprint density at radius 3 is 2.15 bits per heavy atom. The Labute approximate surface area is 123 Å². The fourth-order valence-corrected chi connectivity index (χ4v) is 2.12. The Bertz CT molecular complexity index is 428. The molecule has 0 fully saturated rings. The molecule has 0 bridgehead atoms. The number of benzene rings is 1. The van der Waals surface area contributed by atoms with E-state index in [-0.39, 0.29) is 6.10 Å². The Morgan fingerprint density at radius 1 is 1.15 bits per heavy atom. The standard InChI is InChI=1S/C17H28N2O/c1-7-19(8-2)12-16(20-13(3)4)18-17-14(5)10-9-11-15(17)6/h9-11,13H,7-8,12H2,1-6H3/b18-16+. The fourth-order valence-electron chi connectivity index (χ4n) is 2.12. The van der Waals surface area contributed by atoms with Gasteiger partial charge < -0.3 is 4.74 Å². The zero-order chi connectivity index (χ0) is 15.1. The molecule has 0 aliphatic heterocycles. The zero-order valence-electron chi connectivity index (χ0n) is 13.7. The first-order valence-corrected chi connectivity index (χ1v) is 7.50. The fraction of sp³-hybridized carbons (Fsp3) is 0.588. The highest BCUT2D eigenvalue weighted by Gasteiger charge is 2.11. The van der Waals surface area contributed by atoms with Crippen molar-refractivity contribution >= 4 is 11.6 Å². The normalized spacial score (nSPS) is 12.3. The zero-order valence-corrected chi connectivity index (χ0v) is 13.7. The third-order valence-electron chi connectivity index (χ3n) is 3.30. The molecule has 112 valence electrons. The highest BCUT2D eigenvalue weighted by Crippen LogP contribution is 2.23. The van der Waals surface area contributed by atoms with Gasteiger partial charge in [-0.15, -0.1) is 0 Å². The summed E-state index contributed by atoms with van der Waals surface area (Å²) in [5.41, 5.74) is 3.42. The Morgan fingerprint density at radius 2 is 1.70 bits per heavy atom. The molecule has 1 rings (SSSR count). The average molecular weight is 276 g/mol. The first-order chi connectivity index (χ1) is 9.47. The third kappa shape index (κ3) is 4.97. The quantitative estimate of drug-likeness (QED) is 0.577. The second kappa shape index (κ2) is 8.05. The van der Waals surface area contributed by atoms with Gasteiger partial charge in [0.05, 0.1) is 18.3 Å². The first kappa shape index (κ1) is 16.7. The summed E-state index contributed by atoms with van der Waals surface area (Å²) in [7, 11) is 0. The topological polar surface area (TPSA) is 24.8 Å². The molecule has 3 heteroatoms. The molecule has 0 atom stereocenters. The number of ether oxygens (including phenoxy) is 1. The minimum atomic E-state index is 0.147. The van der Waals surface area contributed by atoms with Crippen molar-refractivity contribution in [1.29, 1.82) is 0 Å². The molecular formula is C17H28N2O. The van der Waals surface area contributed by atoms with E-state index in [1.807, 2.05) is 13.8 Å². The van der Waals surface area contributed by atoms with E-state index in [9.17, 15) is 0 Å². The molecular weight excluding hydrogens is 248 g/mol. The van der Waals surface area contributed by atoms with Crippen molar-refractivity contribution < 1.29 is 4.74 Å². The van der Waals surface area contributed by atoms with Crippen LogP contribution < -0.4 is 0 Å². The molecule has 0 unspecified atom stereocenters. The van der Waals surface area contributed by atoms with E-state index in [1.54, 1.807) is 0 Å². The molecule has 0 saturated carbocycles. The Hall–Kier alpha value is -1.35. The summed E-state index contributed by atoms with van der Waals surface area (Å²) in [6, 6.07) is 6.25. The van der Waals surface area contributed by atoms with E-state index in [2.05, 4.69) is 50.8 Å². The van der Waals surface area contributed by atoms with Crippen LogP contribution in [0.15, 0.2) is 23.2 Å². The molecule has 0 N–H and O–H groups in total. The SMILES string of the molecule is CCN(CC)C/C(=N\c1c(C)cccc1C)OC(C)C. The van der Waals surface area contributed by atoms with Crippen LogP contribution in [0, 0.1) is 13.8 Å². The smallest absolute Gasteiger partial charge is 0.203 e. The van der Waals surface area contributed by atoms with Crippen LogP contribution in [0.4, 0.5) is 5.69 Å². The Kier molecular flexibility index (Phi) is 6.73. The van der Waals surface area contributed by atoms with E-state index in [4.69, 9.17) is 9.73 Å². The van der Waals surface area contributed by atoms with Gasteiger partial charge in [0.25, 0.3) is 0 Å². The van der Waals surface area contributed by atoms with Crippen molar-refractivity contribution in [2.75, 3.05) is 19.6 Å². The van der Waals surface area contributed by atoms with Gasteiger partial charge in [-0.05, 0) is 51.9 Å². The average Bonchev–Trinajstić information content (AvgIpc) is 2.39. The third-order valence-corrected chi connectivity index (χ3v) is 3.30. The van der Waals surface area contributed by atoms with Gasteiger partial charge >= 0.3 is 0 Å². The lowest BCUT2D eigenvalue weighted by atomic mass is 10.1. The molecule has 0 heterocycles. The number of aryl methyl sites for hydroxylation is 2. The van der Waals surface area contributed by atoms with Gasteiger partial charge in [0.15, 0.2) is 0 Å². The van der Waals surface area contributed by atoms with Crippen molar-refractivity contribution in [2.24, 2.45) is 4.99 Å². The molecule has 1 aromatic carbocycles. The summed E-state index contributed by atoms with van der Waals surface area (Å²) in [4.78, 5) is 7.10. The second-order valence-corrected chi connectivity index (χ2v) is 5.37. The second-order valence-electron chi connectivity index (χ2n) is 5.37. The molecule has 0 aliphatic rings. The number of aliphatic imine (C=N–C) groups is 1. The highest BCUT2D eigenvalue weighted by molar-refractivity contribution is 5.82. The van der Waals surface area contributed by atoms with Gasteiger partial charge in [0, 0.05) is 0 Å². The van der Waals surface area contributed by atoms with Crippen LogP contribution in [0.25, 0.3) is 0 Å². The predicted molar refractivity (Wildman–Crippen MR) is 87.0 cm³/mol. The monoisotopic (exact) mass is 276 g/mol. The van der Waals surface area contributed by atoms with Crippen molar-refractivity contribution in [3.63, 3.8) is 0 Å². The summed E-state index contributed by atoms with van der Waals surface area (Å²) in [5.74, 6) is 0.807. The van der Waals surface area contributed by atoms with E-state index < -0.39 is 0 Å². The number of nitrogens with zero attached hydrogens (tertiary/aromatic N) is 2. The molecule has 0 spiro atoms. The molecule has 0 amide bonds. The molecule has 1 aromatic rings. The number of hydrogen-bond donors (Lipinski definition) is 0. The van der Waals surface area contributed by atoms with Gasteiger partial charge in [-0.25, -0.2) is 4.99 Å². The minimum Gasteiger partial charge on any atom is -0.477 e. The van der Waals surface area contributed by atoms with Crippen LogP contribution in [0.2, 0.25) is 0 Å². The van der Waals surface area contributed by atoms with Crippen LogP contribution in [0.1, 0.15) is 38.8 Å². The number of likely N-dealkylation sites (N-methyl/N-ethyl adjacent to an activating group) is 1. The molecule has 0 aliphatic carbocycles. The molecule has 0 radical (unpaired) electrons. The van der Waals surface area contributed by atoms with Crippen molar-refractivity contribution in [3.05, 3.63) is 29.3 Å². The highest BCUT2D eigenvalue weighted by atomic mass is 16.5. The summed E-state index contributed by atoms with van der Waals surface area (Å²) < 4.78 is 5.91. The number of hydrogen-bond acceptors (Lipinski definition) is 3. The van der Waals surface area contributed by atoms with Crippen LogP contribution in [-0.2, 0) is 4.74 Å². The van der Waals surface area contributed by atoms with Gasteiger partial charge in [-0.1, -0.05) is 32.0 Å². The Balaban J connectivity index is 3.05. The summed E-state index contributed by atoms with van der Waals surface area (Å²) in [6.45, 7) is 15.4. The lowest BCUT2D eigenvalue weighted by molar-refractivity contribution is 0.206. The number of rotatable bonds is 6. The number of para-hydroxylation sites is 1. The summed E-state index contributed by atoms with van der Waals surface area (Å²) >= 11 is 0. The molecule has 3 nitrogen and oxygen atoms in total. The van der Waals surface area contributed by atoms with Gasteiger partial charge in [-0.3, -0.25) is 4.90 Å². The van der Waals surface area contributed by atoms with E-state index in [0.717, 1.165) is 31.2 Å². The van der Waals surface area contributed by atoms with Gasteiger partial charge in [0.1, 0.15) is 0 Å².